The third-order valence-corrected chi connectivity index (χ3v) is 3.38. The summed E-state index contributed by atoms with van der Waals surface area (Å²) >= 11 is 4.99. The number of non-ortho nitro benzene ring substituents is 2. The van der Waals surface area contributed by atoms with Gasteiger partial charge in [-0.2, -0.15) is 0 Å². The Labute approximate surface area is 151 Å². The summed E-state index contributed by atoms with van der Waals surface area (Å²) in [5, 5.41) is 35.7. The van der Waals surface area contributed by atoms with Gasteiger partial charge in [0, 0.05) is 17.8 Å². The molecule has 0 aliphatic heterocycles. The van der Waals surface area contributed by atoms with E-state index >= 15 is 0 Å². The first kappa shape index (κ1) is 18.9. The minimum absolute atomic E-state index is 0.112. The van der Waals surface area contributed by atoms with E-state index in [1.54, 1.807) is 24.3 Å². The second-order valence-corrected chi connectivity index (χ2v) is 5.43. The molecule has 0 atom stereocenters. The summed E-state index contributed by atoms with van der Waals surface area (Å²) in [5.41, 5.74) is -0.317. The lowest BCUT2D eigenvalue weighted by Crippen LogP contribution is -2.34. The average Bonchev–Trinajstić information content (AvgIpc) is 2.61. The summed E-state index contributed by atoms with van der Waals surface area (Å²) in [4.78, 5) is 32.3. The number of carbonyl (C=O) groups is 1. The third kappa shape index (κ3) is 4.78. The number of nitro benzene ring substituents is 2. The summed E-state index contributed by atoms with van der Waals surface area (Å²) in [7, 11) is 0. The fraction of sp³-hybridized carbons (Fsp3) is 0.0667. The molecule has 0 radical (unpaired) electrons. The van der Waals surface area contributed by atoms with Gasteiger partial charge in [-0.25, -0.2) is 0 Å². The molecular formula is C15H12N4O6S. The van der Waals surface area contributed by atoms with Crippen LogP contribution >= 0.6 is 12.2 Å². The Balaban J connectivity index is 2.16. The van der Waals surface area contributed by atoms with Crippen LogP contribution < -0.4 is 10.6 Å². The van der Waals surface area contributed by atoms with Crippen molar-refractivity contribution in [3.8, 4) is 0 Å². The molecule has 3 N–H and O–H groups in total. The number of benzene rings is 2. The molecule has 0 aromatic heterocycles. The zero-order valence-corrected chi connectivity index (χ0v) is 13.9. The van der Waals surface area contributed by atoms with Crippen molar-refractivity contribution in [1.82, 2.24) is 5.32 Å². The maximum Gasteiger partial charge on any atom is 0.277 e. The molecule has 10 nitrogen and oxygen atoms in total. The van der Waals surface area contributed by atoms with Gasteiger partial charge in [-0.05, 0) is 29.9 Å². The molecule has 0 bridgehead atoms. The lowest BCUT2D eigenvalue weighted by molar-refractivity contribution is -0.394. The first-order valence-corrected chi connectivity index (χ1v) is 7.47. The maximum absolute atomic E-state index is 12.2. The van der Waals surface area contributed by atoms with Crippen LogP contribution in [-0.4, -0.2) is 26.0 Å². The van der Waals surface area contributed by atoms with Crippen molar-refractivity contribution in [2.45, 2.75) is 6.61 Å². The van der Waals surface area contributed by atoms with E-state index in [-0.39, 0.29) is 17.3 Å². The number of thiocarbonyl (C=S) groups is 1. The number of hydrogen-bond donors (Lipinski definition) is 3. The van der Waals surface area contributed by atoms with Gasteiger partial charge in [0.05, 0.1) is 28.1 Å². The molecule has 2 aromatic rings. The summed E-state index contributed by atoms with van der Waals surface area (Å²) in [6.45, 7) is -0.175. The van der Waals surface area contributed by atoms with Crippen LogP contribution in [0.2, 0.25) is 0 Å². The molecule has 0 aliphatic rings. The van der Waals surface area contributed by atoms with Gasteiger partial charge in [0.25, 0.3) is 17.3 Å². The van der Waals surface area contributed by atoms with Crippen molar-refractivity contribution in [3.63, 3.8) is 0 Å². The number of aliphatic hydroxyl groups is 1. The number of nitrogens with zero attached hydrogens (tertiary/aromatic N) is 2. The minimum atomic E-state index is -0.840. The topological polar surface area (TPSA) is 148 Å². The summed E-state index contributed by atoms with van der Waals surface area (Å²) in [5.74, 6) is -0.840. The highest BCUT2D eigenvalue weighted by Gasteiger charge is 2.20. The van der Waals surface area contributed by atoms with Gasteiger partial charge in [0.15, 0.2) is 5.11 Å². The fourth-order valence-electron chi connectivity index (χ4n) is 2.02. The van der Waals surface area contributed by atoms with Crippen molar-refractivity contribution in [2.75, 3.05) is 5.32 Å². The third-order valence-electron chi connectivity index (χ3n) is 3.18. The predicted octanol–water partition coefficient (Wildman–Crippen LogP) is 2.12. The molecule has 2 rings (SSSR count). The predicted molar refractivity (Wildman–Crippen MR) is 95.8 cm³/mol. The van der Waals surface area contributed by atoms with Crippen molar-refractivity contribution in [3.05, 3.63) is 73.8 Å². The van der Waals surface area contributed by atoms with Crippen molar-refractivity contribution >= 4 is 40.3 Å². The van der Waals surface area contributed by atoms with Crippen molar-refractivity contribution < 1.29 is 19.7 Å². The molecule has 0 fully saturated rings. The Morgan fingerprint density at radius 1 is 1.08 bits per heavy atom. The van der Waals surface area contributed by atoms with Crippen LogP contribution in [0.3, 0.4) is 0 Å². The SMILES string of the molecule is O=C(NC(=S)Nc1cccc(CO)c1)c1cc([N+](=O)[O-])cc([N+](=O)[O-])c1. The van der Waals surface area contributed by atoms with Crippen LogP contribution in [0.25, 0.3) is 0 Å². The van der Waals surface area contributed by atoms with E-state index in [0.29, 0.717) is 11.3 Å². The van der Waals surface area contributed by atoms with E-state index in [9.17, 15) is 25.0 Å². The van der Waals surface area contributed by atoms with Gasteiger partial charge in [0.1, 0.15) is 0 Å². The van der Waals surface area contributed by atoms with Crippen molar-refractivity contribution in [2.24, 2.45) is 0 Å². The highest BCUT2D eigenvalue weighted by atomic mass is 32.1. The molecule has 0 heterocycles. The van der Waals surface area contributed by atoms with Gasteiger partial charge in [-0.15, -0.1) is 0 Å². The fourth-order valence-corrected chi connectivity index (χ4v) is 2.23. The number of carbonyl (C=O) groups excluding carboxylic acids is 1. The molecule has 0 aliphatic carbocycles. The molecule has 26 heavy (non-hydrogen) atoms. The van der Waals surface area contributed by atoms with E-state index < -0.39 is 27.1 Å². The Hall–Kier alpha value is -3.44. The Kier molecular flexibility index (Phi) is 5.88. The Morgan fingerprint density at radius 2 is 1.69 bits per heavy atom. The van der Waals surface area contributed by atoms with E-state index in [4.69, 9.17) is 17.3 Å². The number of nitro groups is 2. The lowest BCUT2D eigenvalue weighted by Gasteiger charge is -2.10. The standard InChI is InChI=1S/C15H12N4O6S/c20-8-9-2-1-3-11(4-9)16-15(26)17-14(21)10-5-12(18(22)23)7-13(6-10)19(24)25/h1-7,20H,8H2,(H2,16,17,21,26). The molecule has 134 valence electrons. The number of amides is 1. The second-order valence-electron chi connectivity index (χ2n) is 5.02. The number of nitrogens with one attached hydrogen (secondary N) is 2. The van der Waals surface area contributed by atoms with E-state index in [0.717, 1.165) is 18.2 Å². The highest BCUT2D eigenvalue weighted by Crippen LogP contribution is 2.22. The summed E-state index contributed by atoms with van der Waals surface area (Å²) in [6, 6.07) is 9.20. The smallest absolute Gasteiger partial charge is 0.277 e. The molecule has 0 saturated heterocycles. The molecule has 1 amide bonds. The number of hydrogen-bond acceptors (Lipinski definition) is 7. The normalized spacial score (nSPS) is 10.0. The largest absolute Gasteiger partial charge is 0.392 e. The van der Waals surface area contributed by atoms with E-state index in [2.05, 4.69) is 10.6 Å². The molecule has 0 spiro atoms. The molecular weight excluding hydrogens is 364 g/mol. The van der Waals surface area contributed by atoms with E-state index in [1.165, 1.54) is 0 Å². The first-order valence-electron chi connectivity index (χ1n) is 7.06. The molecule has 2 aromatic carbocycles. The molecule has 0 unspecified atom stereocenters. The second kappa shape index (κ2) is 8.09. The lowest BCUT2D eigenvalue weighted by atomic mass is 10.1. The van der Waals surface area contributed by atoms with Crippen LogP contribution in [0.4, 0.5) is 17.1 Å². The highest BCUT2D eigenvalue weighted by molar-refractivity contribution is 7.80. The van der Waals surface area contributed by atoms with Crippen LogP contribution in [0.1, 0.15) is 15.9 Å². The monoisotopic (exact) mass is 376 g/mol. The van der Waals surface area contributed by atoms with Crippen LogP contribution in [-0.2, 0) is 6.61 Å². The molecule has 11 heteroatoms. The Morgan fingerprint density at radius 3 is 2.23 bits per heavy atom. The van der Waals surface area contributed by atoms with Gasteiger partial charge in [0.2, 0.25) is 0 Å². The average molecular weight is 376 g/mol. The number of aliphatic hydroxyl groups excluding tert-OH is 1. The van der Waals surface area contributed by atoms with Gasteiger partial charge >= 0.3 is 0 Å². The van der Waals surface area contributed by atoms with E-state index in [1.807, 2.05) is 0 Å². The first-order chi connectivity index (χ1) is 12.3. The zero-order chi connectivity index (χ0) is 19.3. The van der Waals surface area contributed by atoms with Gasteiger partial charge in [-0.3, -0.25) is 30.3 Å². The summed E-state index contributed by atoms with van der Waals surface area (Å²) in [6.07, 6.45) is 0. The van der Waals surface area contributed by atoms with Gasteiger partial charge < -0.3 is 10.4 Å². The van der Waals surface area contributed by atoms with Crippen LogP contribution in [0.15, 0.2) is 42.5 Å². The minimum Gasteiger partial charge on any atom is -0.392 e. The summed E-state index contributed by atoms with van der Waals surface area (Å²) < 4.78 is 0. The number of rotatable bonds is 5. The van der Waals surface area contributed by atoms with Gasteiger partial charge in [-0.1, -0.05) is 12.1 Å². The van der Waals surface area contributed by atoms with Crippen LogP contribution in [0, 0.1) is 20.2 Å². The van der Waals surface area contributed by atoms with Crippen molar-refractivity contribution in [1.29, 1.82) is 0 Å². The Bertz CT molecular complexity index is 869. The zero-order valence-electron chi connectivity index (χ0n) is 13.0. The number of anilines is 1. The maximum atomic E-state index is 12.2. The quantitative estimate of drug-likeness (QED) is 0.408. The molecule has 0 saturated carbocycles. The van der Waals surface area contributed by atoms with Crippen LogP contribution in [0.5, 0.6) is 0 Å².